The summed E-state index contributed by atoms with van der Waals surface area (Å²) >= 11 is 0. The highest BCUT2D eigenvalue weighted by atomic mass is 14.1. The second kappa shape index (κ2) is 6.04. The zero-order valence-corrected chi connectivity index (χ0v) is 11.7. The molecule has 0 aliphatic rings. The summed E-state index contributed by atoms with van der Waals surface area (Å²) in [5.74, 6) is 2.30. The van der Waals surface area contributed by atoms with Crippen LogP contribution in [-0.4, -0.2) is 0 Å². The fourth-order valence-electron chi connectivity index (χ4n) is 2.40. The summed E-state index contributed by atoms with van der Waals surface area (Å²) < 4.78 is 0. The Kier molecular flexibility index (Phi) is 4.41. The fraction of sp³-hybridized carbons (Fsp3) is 0.389. The zero-order valence-electron chi connectivity index (χ0n) is 11.7. The van der Waals surface area contributed by atoms with Gasteiger partial charge in [-0.2, -0.15) is 0 Å². The molecule has 0 heterocycles. The predicted octanol–water partition coefficient (Wildman–Crippen LogP) is 5.41. The van der Waals surface area contributed by atoms with Crippen LogP contribution < -0.4 is 0 Å². The highest BCUT2D eigenvalue weighted by Crippen LogP contribution is 2.23. The summed E-state index contributed by atoms with van der Waals surface area (Å²) in [6.07, 6.45) is 3.77. The molecule has 0 heteroatoms. The Balaban J connectivity index is 2.04. The van der Waals surface area contributed by atoms with Crippen LogP contribution in [0.5, 0.6) is 0 Å². The molecule has 0 amide bonds. The SMILES string of the molecule is C[C](C)C(C)CCCc1cccc2ccccc12. The molecule has 0 saturated carbocycles. The van der Waals surface area contributed by atoms with Gasteiger partial charge in [0.1, 0.15) is 0 Å². The highest BCUT2D eigenvalue weighted by molar-refractivity contribution is 5.85. The van der Waals surface area contributed by atoms with E-state index >= 15 is 0 Å². The Morgan fingerprint density at radius 1 is 1.00 bits per heavy atom. The molecule has 2 aromatic carbocycles. The number of benzene rings is 2. The standard InChI is InChI=1S/C18H23/c1-14(2)15(3)8-6-10-17-12-7-11-16-9-4-5-13-18(16)17/h4-5,7,9,11-13,15H,6,8,10H2,1-3H3. The van der Waals surface area contributed by atoms with Gasteiger partial charge in [0.05, 0.1) is 0 Å². The molecule has 0 fully saturated rings. The van der Waals surface area contributed by atoms with Gasteiger partial charge in [-0.15, -0.1) is 0 Å². The van der Waals surface area contributed by atoms with Crippen molar-refractivity contribution in [1.82, 2.24) is 0 Å². The Morgan fingerprint density at radius 2 is 1.72 bits per heavy atom. The van der Waals surface area contributed by atoms with Gasteiger partial charge in [-0.25, -0.2) is 0 Å². The van der Waals surface area contributed by atoms with Gasteiger partial charge in [0.2, 0.25) is 0 Å². The predicted molar refractivity (Wildman–Crippen MR) is 80.6 cm³/mol. The number of rotatable bonds is 5. The van der Waals surface area contributed by atoms with Crippen LogP contribution in [0, 0.1) is 11.8 Å². The lowest BCUT2D eigenvalue weighted by molar-refractivity contribution is 0.528. The molecule has 0 N–H and O–H groups in total. The summed E-state index contributed by atoms with van der Waals surface area (Å²) in [6, 6.07) is 15.3. The van der Waals surface area contributed by atoms with Crippen molar-refractivity contribution < 1.29 is 0 Å². The lowest BCUT2D eigenvalue weighted by Gasteiger charge is -2.14. The van der Waals surface area contributed by atoms with Gasteiger partial charge in [0, 0.05) is 0 Å². The van der Waals surface area contributed by atoms with Crippen LogP contribution >= 0.6 is 0 Å². The highest BCUT2D eigenvalue weighted by Gasteiger charge is 2.07. The lowest BCUT2D eigenvalue weighted by atomic mass is 9.91. The molecule has 0 nitrogen and oxygen atoms in total. The zero-order chi connectivity index (χ0) is 13.0. The third-order valence-corrected chi connectivity index (χ3v) is 3.95. The van der Waals surface area contributed by atoms with E-state index in [0.717, 1.165) is 5.92 Å². The molecule has 2 aromatic rings. The van der Waals surface area contributed by atoms with Gasteiger partial charge in [-0.3, -0.25) is 0 Å². The van der Waals surface area contributed by atoms with Crippen molar-refractivity contribution in [3.8, 4) is 0 Å². The van der Waals surface area contributed by atoms with Crippen LogP contribution in [0.2, 0.25) is 0 Å². The molecule has 0 spiro atoms. The Morgan fingerprint density at radius 3 is 2.50 bits per heavy atom. The van der Waals surface area contributed by atoms with Gasteiger partial charge >= 0.3 is 0 Å². The van der Waals surface area contributed by atoms with Gasteiger partial charge in [-0.1, -0.05) is 63.2 Å². The second-order valence-corrected chi connectivity index (χ2v) is 5.51. The largest absolute Gasteiger partial charge is 0.0620 e. The summed E-state index contributed by atoms with van der Waals surface area (Å²) in [5.41, 5.74) is 1.49. The van der Waals surface area contributed by atoms with Crippen LogP contribution in [0.25, 0.3) is 10.8 Å². The summed E-state index contributed by atoms with van der Waals surface area (Å²) in [4.78, 5) is 0. The fourth-order valence-corrected chi connectivity index (χ4v) is 2.40. The monoisotopic (exact) mass is 239 g/mol. The molecular formula is C18H23. The van der Waals surface area contributed by atoms with E-state index in [1.807, 2.05) is 0 Å². The average Bonchev–Trinajstić information content (AvgIpc) is 2.38. The topological polar surface area (TPSA) is 0 Å². The number of hydrogen-bond acceptors (Lipinski definition) is 0. The number of fused-ring (bicyclic) bond motifs is 1. The van der Waals surface area contributed by atoms with Crippen molar-refractivity contribution >= 4 is 10.8 Å². The van der Waals surface area contributed by atoms with Gasteiger partial charge in [0.25, 0.3) is 0 Å². The third-order valence-electron chi connectivity index (χ3n) is 3.95. The van der Waals surface area contributed by atoms with Crippen molar-refractivity contribution in [3.63, 3.8) is 0 Å². The van der Waals surface area contributed by atoms with Crippen LogP contribution in [0.1, 0.15) is 39.2 Å². The molecule has 0 saturated heterocycles. The minimum absolute atomic E-state index is 0.750. The van der Waals surface area contributed by atoms with Crippen LogP contribution in [0.3, 0.4) is 0 Å². The summed E-state index contributed by atoms with van der Waals surface area (Å²) in [6.45, 7) is 6.81. The molecule has 1 unspecified atom stereocenters. The van der Waals surface area contributed by atoms with Crippen molar-refractivity contribution in [2.45, 2.75) is 40.0 Å². The Bertz CT molecular complexity index is 491. The third kappa shape index (κ3) is 3.13. The average molecular weight is 239 g/mol. The maximum atomic E-state index is 2.33. The smallest absolute Gasteiger partial charge is 0.0152 e. The van der Waals surface area contributed by atoms with Crippen LogP contribution in [-0.2, 0) is 6.42 Å². The van der Waals surface area contributed by atoms with Gasteiger partial charge in [0.15, 0.2) is 0 Å². The van der Waals surface area contributed by atoms with Crippen molar-refractivity contribution in [3.05, 3.63) is 53.9 Å². The van der Waals surface area contributed by atoms with Crippen molar-refractivity contribution in [2.24, 2.45) is 5.92 Å². The number of hydrogen-bond donors (Lipinski definition) is 0. The van der Waals surface area contributed by atoms with E-state index in [2.05, 4.69) is 63.2 Å². The first-order chi connectivity index (χ1) is 8.68. The molecule has 95 valence electrons. The van der Waals surface area contributed by atoms with E-state index < -0.39 is 0 Å². The van der Waals surface area contributed by atoms with Crippen molar-refractivity contribution in [2.75, 3.05) is 0 Å². The van der Waals surface area contributed by atoms with Crippen LogP contribution in [0.4, 0.5) is 0 Å². The minimum Gasteiger partial charge on any atom is -0.0620 e. The van der Waals surface area contributed by atoms with E-state index in [-0.39, 0.29) is 0 Å². The van der Waals surface area contributed by atoms with Crippen molar-refractivity contribution in [1.29, 1.82) is 0 Å². The second-order valence-electron chi connectivity index (χ2n) is 5.51. The normalized spacial score (nSPS) is 13.1. The Labute approximate surface area is 111 Å². The van der Waals surface area contributed by atoms with E-state index in [1.54, 1.807) is 5.92 Å². The first kappa shape index (κ1) is 13.1. The van der Waals surface area contributed by atoms with E-state index in [1.165, 1.54) is 35.6 Å². The molecule has 0 aliphatic carbocycles. The van der Waals surface area contributed by atoms with Crippen LogP contribution in [0.15, 0.2) is 42.5 Å². The molecule has 0 aromatic heterocycles. The molecule has 18 heavy (non-hydrogen) atoms. The molecule has 0 bridgehead atoms. The first-order valence-corrected chi connectivity index (χ1v) is 6.95. The Hall–Kier alpha value is -1.30. The first-order valence-electron chi connectivity index (χ1n) is 6.95. The van der Waals surface area contributed by atoms with E-state index in [0.29, 0.717) is 0 Å². The van der Waals surface area contributed by atoms with E-state index in [4.69, 9.17) is 0 Å². The summed E-state index contributed by atoms with van der Waals surface area (Å²) in [5, 5.41) is 2.78. The van der Waals surface area contributed by atoms with E-state index in [9.17, 15) is 0 Å². The molecule has 0 aliphatic heterocycles. The minimum atomic E-state index is 0.750. The van der Waals surface area contributed by atoms with Gasteiger partial charge in [-0.05, 0) is 47.4 Å². The maximum absolute atomic E-state index is 2.33. The molecule has 2 rings (SSSR count). The number of aryl methyl sites for hydroxylation is 1. The maximum Gasteiger partial charge on any atom is -0.0152 e. The molecule has 1 radical (unpaired) electrons. The lowest BCUT2D eigenvalue weighted by Crippen LogP contribution is -2.02. The molecule has 1 atom stereocenters. The van der Waals surface area contributed by atoms with Gasteiger partial charge < -0.3 is 0 Å². The molecular weight excluding hydrogens is 216 g/mol. The quantitative estimate of drug-likeness (QED) is 0.654. The summed E-state index contributed by atoms with van der Waals surface area (Å²) in [7, 11) is 0.